The van der Waals surface area contributed by atoms with E-state index in [-0.39, 0.29) is 0 Å². The molecule has 0 aromatic heterocycles. The summed E-state index contributed by atoms with van der Waals surface area (Å²) in [5, 5.41) is 7.04. The Morgan fingerprint density at radius 1 is 1.39 bits per heavy atom. The van der Waals surface area contributed by atoms with E-state index in [1.165, 1.54) is 17.7 Å². The summed E-state index contributed by atoms with van der Waals surface area (Å²) in [7, 11) is 1.72. The molecule has 1 saturated heterocycles. The molecule has 2 aliphatic heterocycles. The number of piperidine rings is 1. The van der Waals surface area contributed by atoms with Crippen LogP contribution < -0.4 is 20.3 Å². The minimum Gasteiger partial charge on any atom is -0.497 e. The molecule has 6 heteroatoms. The Balaban J connectivity index is 1.55. The lowest BCUT2D eigenvalue weighted by Gasteiger charge is -2.35. The number of benzene rings is 1. The van der Waals surface area contributed by atoms with E-state index >= 15 is 0 Å². The number of guanidine groups is 1. The van der Waals surface area contributed by atoms with Crippen LogP contribution in [0.3, 0.4) is 0 Å². The molecule has 154 valence electrons. The van der Waals surface area contributed by atoms with Crippen LogP contribution in [0.15, 0.2) is 40.9 Å². The van der Waals surface area contributed by atoms with Gasteiger partial charge < -0.3 is 25.0 Å². The summed E-state index contributed by atoms with van der Waals surface area (Å²) in [6.07, 6.45) is 6.58. The van der Waals surface area contributed by atoms with Crippen molar-refractivity contribution in [2.75, 3.05) is 51.4 Å². The zero-order valence-corrected chi connectivity index (χ0v) is 17.2. The van der Waals surface area contributed by atoms with Crippen molar-refractivity contribution in [1.29, 1.82) is 0 Å². The van der Waals surface area contributed by atoms with Crippen LogP contribution in [0.4, 0.5) is 5.69 Å². The van der Waals surface area contributed by atoms with Gasteiger partial charge in [-0.15, -0.1) is 0 Å². The van der Waals surface area contributed by atoms with Gasteiger partial charge in [0.05, 0.1) is 20.3 Å². The number of hydrogen-bond acceptors (Lipinski definition) is 4. The van der Waals surface area contributed by atoms with Crippen LogP contribution in [0.2, 0.25) is 0 Å². The third-order valence-corrected chi connectivity index (χ3v) is 5.29. The Morgan fingerprint density at radius 2 is 2.32 bits per heavy atom. The molecule has 0 radical (unpaired) electrons. The van der Waals surface area contributed by atoms with Crippen molar-refractivity contribution in [3.8, 4) is 5.75 Å². The van der Waals surface area contributed by atoms with Gasteiger partial charge in [-0.3, -0.25) is 4.99 Å². The maximum atomic E-state index is 5.38. The van der Waals surface area contributed by atoms with Crippen LogP contribution in [-0.4, -0.2) is 58.5 Å². The molecule has 0 saturated carbocycles. The molecular formula is C22H34N4O2. The van der Waals surface area contributed by atoms with E-state index in [9.17, 15) is 0 Å². The Morgan fingerprint density at radius 3 is 3.11 bits per heavy atom. The smallest absolute Gasteiger partial charge is 0.191 e. The van der Waals surface area contributed by atoms with Gasteiger partial charge in [0.1, 0.15) is 5.75 Å². The highest BCUT2D eigenvalue weighted by Gasteiger charge is 2.21. The summed E-state index contributed by atoms with van der Waals surface area (Å²) >= 11 is 0. The highest BCUT2D eigenvalue weighted by Crippen LogP contribution is 2.24. The van der Waals surface area contributed by atoms with E-state index in [1.807, 2.05) is 6.07 Å². The first kappa shape index (κ1) is 20.5. The Kier molecular flexibility index (Phi) is 8.03. The Bertz CT molecular complexity index is 674. The first-order chi connectivity index (χ1) is 13.8. The molecule has 2 heterocycles. The van der Waals surface area contributed by atoms with Crippen molar-refractivity contribution in [3.63, 3.8) is 0 Å². The van der Waals surface area contributed by atoms with Crippen molar-refractivity contribution in [2.24, 2.45) is 4.99 Å². The van der Waals surface area contributed by atoms with Gasteiger partial charge in [0.15, 0.2) is 5.96 Å². The molecule has 0 aliphatic carbocycles. The summed E-state index contributed by atoms with van der Waals surface area (Å²) in [6.45, 7) is 7.44. The zero-order chi connectivity index (χ0) is 19.6. The second kappa shape index (κ2) is 11.0. The first-order valence-corrected chi connectivity index (χ1v) is 10.5. The van der Waals surface area contributed by atoms with Gasteiger partial charge in [0, 0.05) is 44.0 Å². The molecule has 6 nitrogen and oxygen atoms in total. The van der Waals surface area contributed by atoms with Crippen molar-refractivity contribution in [3.05, 3.63) is 35.9 Å². The second-order valence-corrected chi connectivity index (χ2v) is 7.33. The molecule has 0 amide bonds. The quantitative estimate of drug-likeness (QED) is 0.429. The van der Waals surface area contributed by atoms with Crippen LogP contribution >= 0.6 is 0 Å². The Hall–Kier alpha value is -2.21. The molecular weight excluding hydrogens is 352 g/mol. The number of aliphatic imine (C=N–C) groups is 1. The van der Waals surface area contributed by atoms with E-state index in [0.717, 1.165) is 70.4 Å². The van der Waals surface area contributed by atoms with Gasteiger partial charge in [-0.25, -0.2) is 0 Å². The maximum absolute atomic E-state index is 5.38. The standard InChI is InChI=1S/C22H34N4O2/c1-3-23-22(24-12-9-18-10-14-28-15-11-18)25-19-6-5-13-26(17-19)20-7-4-8-21(16-20)27-2/h4,7-8,10,16,19H,3,5-6,9,11-15,17H2,1-2H3,(H2,23,24,25). The maximum Gasteiger partial charge on any atom is 0.191 e. The number of rotatable bonds is 7. The minimum atomic E-state index is 0.389. The molecule has 1 atom stereocenters. The average Bonchev–Trinajstić information content (AvgIpc) is 2.75. The first-order valence-electron chi connectivity index (χ1n) is 10.5. The summed E-state index contributed by atoms with van der Waals surface area (Å²) in [5.41, 5.74) is 2.69. The number of nitrogens with one attached hydrogen (secondary N) is 2. The number of ether oxygens (including phenoxy) is 2. The third-order valence-electron chi connectivity index (χ3n) is 5.29. The molecule has 1 unspecified atom stereocenters. The molecule has 2 N–H and O–H groups in total. The largest absolute Gasteiger partial charge is 0.497 e. The molecule has 1 fully saturated rings. The zero-order valence-electron chi connectivity index (χ0n) is 17.2. The van der Waals surface area contributed by atoms with Crippen molar-refractivity contribution in [2.45, 2.75) is 38.6 Å². The van der Waals surface area contributed by atoms with Crippen LogP contribution in [0.5, 0.6) is 5.75 Å². The molecule has 0 spiro atoms. The van der Waals surface area contributed by atoms with Crippen molar-refractivity contribution < 1.29 is 9.47 Å². The van der Waals surface area contributed by atoms with Gasteiger partial charge in [-0.2, -0.15) is 0 Å². The summed E-state index contributed by atoms with van der Waals surface area (Å²) < 4.78 is 10.8. The fraction of sp³-hybridized carbons (Fsp3) is 0.591. The predicted octanol–water partition coefficient (Wildman–Crippen LogP) is 2.96. The number of nitrogens with zero attached hydrogens (tertiary/aromatic N) is 2. The predicted molar refractivity (Wildman–Crippen MR) is 115 cm³/mol. The van der Waals surface area contributed by atoms with Gasteiger partial charge in [-0.1, -0.05) is 17.7 Å². The number of hydrogen-bond donors (Lipinski definition) is 2. The van der Waals surface area contributed by atoms with Gasteiger partial charge in [-0.05, 0) is 44.7 Å². The fourth-order valence-corrected chi connectivity index (χ4v) is 3.75. The lowest BCUT2D eigenvalue weighted by Crippen LogP contribution is -2.51. The molecule has 2 aliphatic rings. The minimum absolute atomic E-state index is 0.389. The number of anilines is 1. The molecule has 0 bridgehead atoms. The number of methoxy groups -OCH3 is 1. The lowest BCUT2D eigenvalue weighted by atomic mass is 10.0. The van der Waals surface area contributed by atoms with Crippen LogP contribution in [0.1, 0.15) is 32.6 Å². The van der Waals surface area contributed by atoms with Crippen molar-refractivity contribution >= 4 is 11.6 Å². The van der Waals surface area contributed by atoms with Gasteiger partial charge >= 0.3 is 0 Å². The van der Waals surface area contributed by atoms with Crippen LogP contribution in [0.25, 0.3) is 0 Å². The summed E-state index contributed by atoms with van der Waals surface area (Å²) in [6, 6.07) is 8.71. The second-order valence-electron chi connectivity index (χ2n) is 7.33. The summed E-state index contributed by atoms with van der Waals surface area (Å²) in [5.74, 6) is 1.83. The SMILES string of the molecule is CCNC(=NCCC1=CCOCC1)NC1CCCN(c2cccc(OC)c2)C1. The fourth-order valence-electron chi connectivity index (χ4n) is 3.75. The van der Waals surface area contributed by atoms with E-state index in [1.54, 1.807) is 7.11 Å². The highest BCUT2D eigenvalue weighted by atomic mass is 16.5. The summed E-state index contributed by atoms with van der Waals surface area (Å²) in [4.78, 5) is 7.23. The Labute approximate surface area is 169 Å². The van der Waals surface area contributed by atoms with E-state index in [2.05, 4.69) is 46.7 Å². The van der Waals surface area contributed by atoms with Gasteiger partial charge in [0.2, 0.25) is 0 Å². The molecule has 1 aromatic rings. The van der Waals surface area contributed by atoms with Crippen LogP contribution in [0, 0.1) is 0 Å². The van der Waals surface area contributed by atoms with E-state index in [4.69, 9.17) is 14.5 Å². The van der Waals surface area contributed by atoms with Crippen molar-refractivity contribution in [1.82, 2.24) is 10.6 Å². The monoisotopic (exact) mass is 386 g/mol. The molecule has 1 aromatic carbocycles. The van der Waals surface area contributed by atoms with E-state index < -0.39 is 0 Å². The highest BCUT2D eigenvalue weighted by molar-refractivity contribution is 5.80. The third kappa shape index (κ3) is 6.16. The van der Waals surface area contributed by atoms with Crippen LogP contribution in [-0.2, 0) is 4.74 Å². The normalized spacial score (nSPS) is 20.5. The lowest BCUT2D eigenvalue weighted by molar-refractivity contribution is 0.153. The van der Waals surface area contributed by atoms with Gasteiger partial charge in [0.25, 0.3) is 0 Å². The molecule has 3 rings (SSSR count). The van der Waals surface area contributed by atoms with E-state index in [0.29, 0.717) is 6.04 Å². The average molecular weight is 387 g/mol. The molecule has 28 heavy (non-hydrogen) atoms. The topological polar surface area (TPSA) is 58.1 Å².